The number of halogens is 1. The normalized spacial score (nSPS) is 10.3. The summed E-state index contributed by atoms with van der Waals surface area (Å²) in [4.78, 5) is 0. The molecule has 0 saturated heterocycles. The van der Waals surface area contributed by atoms with Crippen LogP contribution >= 0.6 is 11.6 Å². The minimum absolute atomic E-state index is 0.346. The first kappa shape index (κ1) is 13.6. The lowest BCUT2D eigenvalue weighted by molar-refractivity contribution is 0.450. The van der Waals surface area contributed by atoms with E-state index in [0.29, 0.717) is 11.0 Å². The van der Waals surface area contributed by atoms with Crippen LogP contribution in [0.4, 0.5) is 0 Å². The second-order valence-corrected chi connectivity index (χ2v) is 4.93. The first-order valence-corrected chi connectivity index (χ1v) is 6.33. The van der Waals surface area contributed by atoms with E-state index in [-0.39, 0.29) is 0 Å². The molecule has 2 aromatic rings. The maximum absolute atomic E-state index is 5.75. The molecule has 0 atom stereocenters. The Bertz CT molecular complexity index is 594. The molecule has 0 amide bonds. The maximum Gasteiger partial charge on any atom is 0.238 e. The molecule has 0 saturated carbocycles. The number of nitrogens with zero attached hydrogens (tertiary/aromatic N) is 2. The van der Waals surface area contributed by atoms with Gasteiger partial charge in [-0.2, -0.15) is 0 Å². The lowest BCUT2D eigenvalue weighted by Gasteiger charge is -2.11. The molecule has 0 aliphatic heterocycles. The van der Waals surface area contributed by atoms with E-state index in [1.165, 1.54) is 5.56 Å². The third-order valence-corrected chi connectivity index (χ3v) is 2.73. The van der Waals surface area contributed by atoms with Crippen molar-refractivity contribution in [1.29, 1.82) is 0 Å². The summed E-state index contributed by atoms with van der Waals surface area (Å²) in [5, 5.41) is 7.99. The minimum Gasteiger partial charge on any atom is -0.437 e. The predicted molar refractivity (Wildman–Crippen MR) is 76.8 cm³/mol. The summed E-state index contributed by atoms with van der Waals surface area (Å²) in [5.41, 5.74) is 3.35. The quantitative estimate of drug-likeness (QED) is 0.778. The fourth-order valence-electron chi connectivity index (χ4n) is 1.74. The van der Waals surface area contributed by atoms with Gasteiger partial charge >= 0.3 is 0 Å². The van der Waals surface area contributed by atoms with Crippen molar-refractivity contribution < 1.29 is 4.74 Å². The first-order valence-electron chi connectivity index (χ1n) is 5.95. The topological polar surface area (TPSA) is 35.0 Å². The molecule has 98 valence electrons. The molecule has 1 aromatic carbocycles. The van der Waals surface area contributed by atoms with E-state index in [2.05, 4.69) is 22.8 Å². The van der Waals surface area contributed by atoms with E-state index >= 15 is 0 Å². The molecule has 1 heterocycles. The van der Waals surface area contributed by atoms with E-state index in [1.807, 2.05) is 26.0 Å². The number of rotatable bonds is 4. The number of aromatic nitrogens is 2. The summed E-state index contributed by atoms with van der Waals surface area (Å²) < 4.78 is 5.75. The molecule has 4 heteroatoms. The Hall–Kier alpha value is -1.87. The Morgan fingerprint density at radius 3 is 2.68 bits per heavy atom. The highest BCUT2D eigenvalue weighted by molar-refractivity contribution is 6.29. The van der Waals surface area contributed by atoms with Crippen molar-refractivity contribution >= 4 is 11.6 Å². The minimum atomic E-state index is 0.346. The molecule has 2 rings (SSSR count). The van der Waals surface area contributed by atoms with Gasteiger partial charge in [-0.3, -0.25) is 0 Å². The summed E-state index contributed by atoms with van der Waals surface area (Å²) >= 11 is 5.69. The van der Waals surface area contributed by atoms with Crippen LogP contribution in [0, 0.1) is 6.92 Å². The Morgan fingerprint density at radius 2 is 2.05 bits per heavy atom. The molecule has 0 aliphatic rings. The Morgan fingerprint density at radius 1 is 1.26 bits per heavy atom. The number of hydrogen-bond acceptors (Lipinski definition) is 3. The van der Waals surface area contributed by atoms with Crippen molar-refractivity contribution in [2.45, 2.75) is 20.3 Å². The maximum atomic E-state index is 5.75. The van der Waals surface area contributed by atoms with Crippen molar-refractivity contribution in [3.05, 3.63) is 58.8 Å². The van der Waals surface area contributed by atoms with Crippen LogP contribution < -0.4 is 4.74 Å². The second kappa shape index (κ2) is 5.85. The van der Waals surface area contributed by atoms with Crippen LogP contribution in [0.2, 0.25) is 5.15 Å². The molecule has 0 aliphatic carbocycles. The fraction of sp³-hybridized carbons (Fsp3) is 0.200. The zero-order valence-electron chi connectivity index (χ0n) is 11.0. The number of hydrogen-bond donors (Lipinski definition) is 0. The van der Waals surface area contributed by atoms with E-state index in [4.69, 9.17) is 16.3 Å². The van der Waals surface area contributed by atoms with Crippen LogP contribution in [0.15, 0.2) is 42.5 Å². The van der Waals surface area contributed by atoms with Gasteiger partial charge in [0.15, 0.2) is 5.15 Å². The summed E-state index contributed by atoms with van der Waals surface area (Å²) in [6, 6.07) is 9.37. The molecule has 19 heavy (non-hydrogen) atoms. The zero-order chi connectivity index (χ0) is 13.8. The highest BCUT2D eigenvalue weighted by Crippen LogP contribution is 2.26. The molecule has 0 bridgehead atoms. The summed E-state index contributed by atoms with van der Waals surface area (Å²) in [6.45, 7) is 7.98. The van der Waals surface area contributed by atoms with Crippen molar-refractivity contribution in [2.24, 2.45) is 0 Å². The Kier molecular flexibility index (Phi) is 4.17. The van der Waals surface area contributed by atoms with Gasteiger partial charge in [0.1, 0.15) is 5.75 Å². The van der Waals surface area contributed by atoms with Gasteiger partial charge in [-0.25, -0.2) is 0 Å². The first-order chi connectivity index (χ1) is 9.04. The SMILES string of the molecule is C=C(C)Cc1cc(C)ccc1Oc1ccc(Cl)nn1. The van der Waals surface area contributed by atoms with Gasteiger partial charge in [-0.15, -0.1) is 10.2 Å². The third-order valence-electron chi connectivity index (χ3n) is 2.53. The van der Waals surface area contributed by atoms with Crippen LogP contribution in [0.25, 0.3) is 0 Å². The molecule has 0 spiro atoms. The number of aryl methyl sites for hydroxylation is 1. The highest BCUT2D eigenvalue weighted by atomic mass is 35.5. The predicted octanol–water partition coefficient (Wildman–Crippen LogP) is 4.35. The summed E-state index contributed by atoms with van der Waals surface area (Å²) in [6.07, 6.45) is 0.776. The van der Waals surface area contributed by atoms with Crippen LogP contribution in [-0.2, 0) is 6.42 Å². The lowest BCUT2D eigenvalue weighted by Crippen LogP contribution is -1.96. The molecule has 3 nitrogen and oxygen atoms in total. The van der Waals surface area contributed by atoms with E-state index in [1.54, 1.807) is 12.1 Å². The van der Waals surface area contributed by atoms with Crippen molar-refractivity contribution in [1.82, 2.24) is 10.2 Å². The van der Waals surface area contributed by atoms with Gasteiger partial charge in [-0.05, 0) is 38.0 Å². The van der Waals surface area contributed by atoms with Gasteiger partial charge in [0.2, 0.25) is 5.88 Å². The smallest absolute Gasteiger partial charge is 0.238 e. The largest absolute Gasteiger partial charge is 0.437 e. The van der Waals surface area contributed by atoms with Gasteiger partial charge in [-0.1, -0.05) is 41.4 Å². The number of ether oxygens (including phenoxy) is 1. The summed E-state index contributed by atoms with van der Waals surface area (Å²) in [7, 11) is 0. The van der Waals surface area contributed by atoms with E-state index in [9.17, 15) is 0 Å². The van der Waals surface area contributed by atoms with E-state index < -0.39 is 0 Å². The molecule has 1 aromatic heterocycles. The molecular formula is C15H15ClN2O. The van der Waals surface area contributed by atoms with Crippen LogP contribution in [0.3, 0.4) is 0 Å². The van der Waals surface area contributed by atoms with Crippen molar-refractivity contribution in [3.63, 3.8) is 0 Å². The van der Waals surface area contributed by atoms with Gasteiger partial charge in [0.25, 0.3) is 0 Å². The van der Waals surface area contributed by atoms with Crippen LogP contribution in [-0.4, -0.2) is 10.2 Å². The standard InChI is InChI=1S/C15H15ClN2O/c1-10(2)8-12-9-11(3)4-5-13(12)19-15-7-6-14(16)17-18-15/h4-7,9H,1,8H2,2-3H3. The summed E-state index contributed by atoms with van der Waals surface area (Å²) in [5.74, 6) is 1.20. The van der Waals surface area contributed by atoms with Gasteiger partial charge in [0, 0.05) is 6.07 Å². The van der Waals surface area contributed by atoms with Crippen LogP contribution in [0.5, 0.6) is 11.6 Å². The average Bonchev–Trinajstić information content (AvgIpc) is 2.34. The lowest BCUT2D eigenvalue weighted by atomic mass is 10.0. The monoisotopic (exact) mass is 274 g/mol. The van der Waals surface area contributed by atoms with Crippen molar-refractivity contribution in [3.8, 4) is 11.6 Å². The van der Waals surface area contributed by atoms with Crippen LogP contribution in [0.1, 0.15) is 18.1 Å². The molecule has 0 N–H and O–H groups in total. The Balaban J connectivity index is 2.28. The molecule has 0 fully saturated rings. The van der Waals surface area contributed by atoms with E-state index in [0.717, 1.165) is 23.3 Å². The van der Waals surface area contributed by atoms with Gasteiger partial charge < -0.3 is 4.74 Å². The average molecular weight is 275 g/mol. The fourth-order valence-corrected chi connectivity index (χ4v) is 1.84. The van der Waals surface area contributed by atoms with Crippen molar-refractivity contribution in [2.75, 3.05) is 0 Å². The molecule has 0 radical (unpaired) electrons. The second-order valence-electron chi connectivity index (χ2n) is 4.54. The third kappa shape index (κ3) is 3.80. The zero-order valence-corrected chi connectivity index (χ0v) is 11.7. The highest BCUT2D eigenvalue weighted by Gasteiger charge is 2.07. The van der Waals surface area contributed by atoms with Gasteiger partial charge in [0.05, 0.1) is 0 Å². The number of allylic oxidation sites excluding steroid dienone is 1. The Labute approximate surface area is 117 Å². The molecule has 0 unspecified atom stereocenters. The number of benzene rings is 1. The molecular weight excluding hydrogens is 260 g/mol.